The zero-order chi connectivity index (χ0) is 23.4. The molecule has 2 N–H and O–H groups in total. The Morgan fingerprint density at radius 3 is 2.26 bits per heavy atom. The van der Waals surface area contributed by atoms with Crippen molar-refractivity contribution in [2.45, 2.75) is 27.3 Å². The second-order valence-electron chi connectivity index (χ2n) is 6.18. The van der Waals surface area contributed by atoms with E-state index in [9.17, 15) is 9.59 Å². The molecule has 6 nitrogen and oxygen atoms in total. The predicted octanol–water partition coefficient (Wildman–Crippen LogP) is 4.59. The second-order valence-corrected chi connectivity index (χ2v) is 6.99. The summed E-state index contributed by atoms with van der Waals surface area (Å²) in [5.74, 6) is -0.229. The van der Waals surface area contributed by atoms with Crippen molar-refractivity contribution in [3.8, 4) is 11.3 Å². The first-order valence-electron chi connectivity index (χ1n) is 9.69. The number of carbonyl (C=O) groups excluding carboxylic acids is 1. The highest BCUT2D eigenvalue weighted by atomic mass is 35.5. The summed E-state index contributed by atoms with van der Waals surface area (Å²) >= 11 is 11.8. The molecule has 0 saturated heterocycles. The van der Waals surface area contributed by atoms with Crippen molar-refractivity contribution in [2.75, 3.05) is 13.7 Å². The highest BCUT2D eigenvalue weighted by Gasteiger charge is 2.12. The Bertz CT molecular complexity index is 1030. The lowest BCUT2D eigenvalue weighted by molar-refractivity contribution is 0.0956. The number of aliphatic hydroxyl groups excluding tert-OH is 1. The largest absolute Gasteiger partial charge is 0.400 e. The Labute approximate surface area is 192 Å². The van der Waals surface area contributed by atoms with Crippen LogP contribution in [0, 0.1) is 6.92 Å². The van der Waals surface area contributed by atoms with Gasteiger partial charge in [0.2, 0.25) is 0 Å². The zero-order valence-corrected chi connectivity index (χ0v) is 19.5. The van der Waals surface area contributed by atoms with E-state index in [1.54, 1.807) is 24.3 Å². The van der Waals surface area contributed by atoms with E-state index in [0.717, 1.165) is 23.3 Å². The molecule has 1 amide bonds. The maximum Gasteiger partial charge on any atom is 0.266 e. The van der Waals surface area contributed by atoms with Crippen LogP contribution < -0.4 is 10.9 Å². The van der Waals surface area contributed by atoms with Gasteiger partial charge in [-0.1, -0.05) is 47.5 Å². The molecule has 8 heteroatoms. The average molecular weight is 464 g/mol. The van der Waals surface area contributed by atoms with Crippen molar-refractivity contribution in [2.24, 2.45) is 0 Å². The quantitative estimate of drug-likeness (QED) is 0.592. The van der Waals surface area contributed by atoms with Crippen LogP contribution in [-0.2, 0) is 6.54 Å². The Morgan fingerprint density at radius 2 is 1.71 bits per heavy atom. The summed E-state index contributed by atoms with van der Waals surface area (Å²) in [6, 6.07) is 16.0. The molecule has 0 saturated carbocycles. The summed E-state index contributed by atoms with van der Waals surface area (Å²) < 4.78 is 1.37. The normalized spacial score (nSPS) is 9.65. The van der Waals surface area contributed by atoms with Gasteiger partial charge >= 0.3 is 0 Å². The van der Waals surface area contributed by atoms with Gasteiger partial charge < -0.3 is 10.4 Å². The second kappa shape index (κ2) is 13.6. The molecule has 0 aliphatic heterocycles. The molecule has 1 heterocycles. The highest BCUT2D eigenvalue weighted by Crippen LogP contribution is 2.23. The zero-order valence-electron chi connectivity index (χ0n) is 18.0. The van der Waals surface area contributed by atoms with Crippen molar-refractivity contribution in [1.29, 1.82) is 0 Å². The molecule has 0 atom stereocenters. The van der Waals surface area contributed by atoms with Crippen LogP contribution in [0.3, 0.4) is 0 Å². The highest BCUT2D eigenvalue weighted by molar-refractivity contribution is 6.34. The van der Waals surface area contributed by atoms with Gasteiger partial charge in [-0.05, 0) is 50.6 Å². The molecule has 0 aliphatic rings. The van der Waals surface area contributed by atoms with E-state index in [0.29, 0.717) is 29.4 Å². The first-order chi connectivity index (χ1) is 14.9. The number of carbonyl (C=O) groups is 1. The van der Waals surface area contributed by atoms with Crippen molar-refractivity contribution in [1.82, 2.24) is 15.1 Å². The van der Waals surface area contributed by atoms with Crippen LogP contribution in [0.5, 0.6) is 0 Å². The number of rotatable bonds is 4. The molecule has 1 aromatic heterocycles. The van der Waals surface area contributed by atoms with Crippen LogP contribution >= 0.6 is 23.2 Å². The van der Waals surface area contributed by atoms with Gasteiger partial charge in [-0.15, -0.1) is 0 Å². The smallest absolute Gasteiger partial charge is 0.266 e. The van der Waals surface area contributed by atoms with E-state index < -0.39 is 0 Å². The predicted molar refractivity (Wildman–Crippen MR) is 127 cm³/mol. The first-order valence-corrected chi connectivity index (χ1v) is 10.4. The standard InChI is InChI=1S/C15H16ClN3O2.C7H7Cl.CH4O/c1-3-17-15(21)11-9-10(5-6-12(11)16)13-7-8-14(20)19(4-2)18-13;1-6-4-2-3-5-7(6)8;1-2/h5-9H,3-4H2,1-2H3,(H,17,21);2-5H,1H3;2H,1H3. The fourth-order valence-corrected chi connectivity index (χ4v) is 2.83. The molecule has 0 spiro atoms. The number of benzene rings is 2. The summed E-state index contributed by atoms with van der Waals surface area (Å²) in [7, 11) is 1.00. The molecule has 2 aromatic carbocycles. The number of halogens is 2. The lowest BCUT2D eigenvalue weighted by Crippen LogP contribution is -2.23. The third-order valence-corrected chi connectivity index (χ3v) is 4.84. The van der Waals surface area contributed by atoms with Gasteiger partial charge in [0.1, 0.15) is 0 Å². The Morgan fingerprint density at radius 1 is 1.03 bits per heavy atom. The van der Waals surface area contributed by atoms with Gasteiger partial charge in [-0.2, -0.15) is 5.10 Å². The third kappa shape index (κ3) is 7.83. The lowest BCUT2D eigenvalue weighted by Gasteiger charge is -2.08. The molecule has 31 heavy (non-hydrogen) atoms. The topological polar surface area (TPSA) is 84.2 Å². The number of hydrogen-bond acceptors (Lipinski definition) is 4. The summed E-state index contributed by atoms with van der Waals surface area (Å²) in [6.45, 7) is 6.69. The fourth-order valence-electron chi connectivity index (χ4n) is 2.49. The third-order valence-electron chi connectivity index (χ3n) is 4.09. The molecule has 166 valence electrons. The van der Waals surface area contributed by atoms with Gasteiger partial charge in [-0.25, -0.2) is 4.68 Å². The van der Waals surface area contributed by atoms with Gasteiger partial charge in [0.05, 0.1) is 16.3 Å². The van der Waals surface area contributed by atoms with Gasteiger partial charge in [-0.3, -0.25) is 9.59 Å². The minimum atomic E-state index is -0.229. The van der Waals surface area contributed by atoms with Crippen molar-refractivity contribution in [3.05, 3.63) is 86.1 Å². The number of nitrogens with zero attached hydrogens (tertiary/aromatic N) is 2. The molecule has 0 fully saturated rings. The molecular formula is C23H27Cl2N3O3. The van der Waals surface area contributed by atoms with Crippen LogP contribution in [-0.4, -0.2) is 34.4 Å². The Hall–Kier alpha value is -2.67. The van der Waals surface area contributed by atoms with E-state index >= 15 is 0 Å². The summed E-state index contributed by atoms with van der Waals surface area (Å²) in [4.78, 5) is 23.5. The number of amides is 1. The average Bonchev–Trinajstić information content (AvgIpc) is 2.78. The SMILES string of the molecule is CCNC(=O)c1cc(-c2ccc(=O)n(CC)n2)ccc1Cl.CO.Cc1ccccc1Cl. The van der Waals surface area contributed by atoms with Crippen LogP contribution in [0.25, 0.3) is 11.3 Å². The maximum atomic E-state index is 12.0. The Kier molecular flexibility index (Phi) is 11.6. The summed E-state index contributed by atoms with van der Waals surface area (Å²) in [5, 5.41) is 15.2. The molecule has 0 unspecified atom stereocenters. The van der Waals surface area contributed by atoms with E-state index in [1.807, 2.05) is 45.0 Å². The number of aromatic nitrogens is 2. The van der Waals surface area contributed by atoms with Crippen molar-refractivity contribution in [3.63, 3.8) is 0 Å². The lowest BCUT2D eigenvalue weighted by atomic mass is 10.1. The minimum Gasteiger partial charge on any atom is -0.400 e. The molecule has 0 radical (unpaired) electrons. The van der Waals surface area contributed by atoms with Crippen LogP contribution in [0.1, 0.15) is 29.8 Å². The van der Waals surface area contributed by atoms with Crippen LogP contribution in [0.4, 0.5) is 0 Å². The van der Waals surface area contributed by atoms with Crippen molar-refractivity contribution < 1.29 is 9.90 Å². The minimum absolute atomic E-state index is 0.154. The number of nitrogens with one attached hydrogen (secondary N) is 1. The van der Waals surface area contributed by atoms with E-state index in [1.165, 1.54) is 10.7 Å². The summed E-state index contributed by atoms with van der Waals surface area (Å²) in [6.07, 6.45) is 0. The van der Waals surface area contributed by atoms with Crippen LogP contribution in [0.2, 0.25) is 10.0 Å². The maximum absolute atomic E-state index is 12.0. The monoisotopic (exact) mass is 463 g/mol. The van der Waals surface area contributed by atoms with Gasteiger partial charge in [0.25, 0.3) is 11.5 Å². The number of hydrogen-bond donors (Lipinski definition) is 2. The summed E-state index contributed by atoms with van der Waals surface area (Å²) in [5.41, 5.74) is 2.74. The number of aryl methyl sites for hydroxylation is 2. The van der Waals surface area contributed by atoms with Crippen molar-refractivity contribution >= 4 is 29.1 Å². The van der Waals surface area contributed by atoms with E-state index in [-0.39, 0.29) is 11.5 Å². The van der Waals surface area contributed by atoms with E-state index in [2.05, 4.69) is 10.4 Å². The fraction of sp³-hybridized carbons (Fsp3) is 0.261. The van der Waals surface area contributed by atoms with Gasteiger partial charge in [0.15, 0.2) is 0 Å². The molecule has 0 bridgehead atoms. The first kappa shape index (κ1) is 26.4. The van der Waals surface area contributed by atoms with E-state index in [4.69, 9.17) is 28.3 Å². The van der Waals surface area contributed by atoms with Crippen LogP contribution in [0.15, 0.2) is 59.4 Å². The number of aliphatic hydroxyl groups is 1. The molecular weight excluding hydrogens is 437 g/mol. The molecule has 0 aliphatic carbocycles. The molecule has 3 aromatic rings. The van der Waals surface area contributed by atoms with Gasteiger partial charge in [0, 0.05) is 36.9 Å². The molecule has 3 rings (SSSR count). The Balaban J connectivity index is 0.000000400.